The molecule has 0 N–H and O–H groups in total. The molecule has 4 heteroatoms. The topological polar surface area (TPSA) is 33.4 Å². The lowest BCUT2D eigenvalue weighted by Crippen LogP contribution is -2.12. The van der Waals surface area contributed by atoms with E-state index in [9.17, 15) is 0 Å². The van der Waals surface area contributed by atoms with E-state index in [1.165, 1.54) is 0 Å². The van der Waals surface area contributed by atoms with Crippen molar-refractivity contribution in [2.45, 2.75) is 6.92 Å². The average Bonchev–Trinajstić information content (AvgIpc) is 2.74. The van der Waals surface area contributed by atoms with Crippen molar-refractivity contribution in [1.29, 1.82) is 0 Å². The first-order valence-electron chi connectivity index (χ1n) is 6.25. The summed E-state index contributed by atoms with van der Waals surface area (Å²) < 4.78 is 2.02. The second-order valence-corrected chi connectivity index (χ2v) is 4.76. The van der Waals surface area contributed by atoms with Gasteiger partial charge in [-0.1, -0.05) is 30.3 Å². The molecule has 3 aromatic rings. The van der Waals surface area contributed by atoms with Crippen molar-refractivity contribution in [2.24, 2.45) is 0 Å². The van der Waals surface area contributed by atoms with Crippen molar-refractivity contribution in [1.82, 2.24) is 14.4 Å². The van der Waals surface area contributed by atoms with Crippen molar-refractivity contribution in [3.63, 3.8) is 0 Å². The van der Waals surface area contributed by atoms with Gasteiger partial charge in [-0.3, -0.25) is 4.40 Å². The van der Waals surface area contributed by atoms with Crippen LogP contribution in [0, 0.1) is 6.92 Å². The molecule has 3 rings (SSSR count). The number of rotatable bonds is 2. The van der Waals surface area contributed by atoms with E-state index in [4.69, 9.17) is 0 Å². The Bertz CT molecular complexity index is 714. The molecule has 96 valence electrons. The van der Waals surface area contributed by atoms with Crippen LogP contribution in [0.3, 0.4) is 0 Å². The van der Waals surface area contributed by atoms with E-state index < -0.39 is 0 Å². The van der Waals surface area contributed by atoms with E-state index in [-0.39, 0.29) is 0 Å². The van der Waals surface area contributed by atoms with Gasteiger partial charge in [-0.25, -0.2) is 9.97 Å². The van der Waals surface area contributed by atoms with Gasteiger partial charge in [-0.15, -0.1) is 0 Å². The van der Waals surface area contributed by atoms with E-state index in [2.05, 4.69) is 27.0 Å². The minimum absolute atomic E-state index is 0.738. The predicted octanol–water partition coefficient (Wildman–Crippen LogP) is 2.77. The first kappa shape index (κ1) is 11.7. The highest BCUT2D eigenvalue weighted by Gasteiger charge is 2.12. The number of hydrogen-bond donors (Lipinski definition) is 0. The average molecular weight is 252 g/mol. The van der Waals surface area contributed by atoms with Gasteiger partial charge in [-0.2, -0.15) is 0 Å². The first-order valence-corrected chi connectivity index (χ1v) is 6.25. The Hall–Kier alpha value is -2.36. The molecule has 0 unspecified atom stereocenters. The number of benzene rings is 1. The molecule has 2 heterocycles. The van der Waals surface area contributed by atoms with Gasteiger partial charge in [0.05, 0.1) is 11.4 Å². The molecule has 0 saturated heterocycles. The second-order valence-electron chi connectivity index (χ2n) is 4.76. The van der Waals surface area contributed by atoms with E-state index in [1.54, 1.807) is 0 Å². The Morgan fingerprint density at radius 2 is 1.74 bits per heavy atom. The molecule has 19 heavy (non-hydrogen) atoms. The molecule has 0 aliphatic rings. The third-order valence-corrected chi connectivity index (χ3v) is 3.13. The van der Waals surface area contributed by atoms with E-state index in [0.29, 0.717) is 0 Å². The van der Waals surface area contributed by atoms with Crippen LogP contribution in [0.2, 0.25) is 0 Å². The van der Waals surface area contributed by atoms with Gasteiger partial charge < -0.3 is 4.90 Å². The molecule has 0 radical (unpaired) electrons. The molecule has 0 atom stereocenters. The van der Waals surface area contributed by atoms with Crippen LogP contribution in [-0.2, 0) is 0 Å². The molecule has 4 nitrogen and oxygen atoms in total. The molecule has 0 bridgehead atoms. The molecular formula is C15H16N4. The van der Waals surface area contributed by atoms with Crippen molar-refractivity contribution < 1.29 is 0 Å². The minimum Gasteiger partial charge on any atom is -0.362 e. The Morgan fingerprint density at radius 1 is 1.00 bits per heavy atom. The maximum absolute atomic E-state index is 4.63. The fourth-order valence-corrected chi connectivity index (χ4v) is 2.34. The van der Waals surface area contributed by atoms with Crippen molar-refractivity contribution >= 4 is 11.6 Å². The smallest absolute Gasteiger partial charge is 0.236 e. The van der Waals surface area contributed by atoms with Crippen LogP contribution in [0.5, 0.6) is 0 Å². The monoisotopic (exact) mass is 252 g/mol. The van der Waals surface area contributed by atoms with Crippen molar-refractivity contribution in [3.05, 3.63) is 48.3 Å². The van der Waals surface area contributed by atoms with Crippen LogP contribution in [0.15, 0.2) is 42.6 Å². The number of aryl methyl sites for hydroxylation is 1. The summed E-state index contributed by atoms with van der Waals surface area (Å²) in [4.78, 5) is 11.2. The quantitative estimate of drug-likeness (QED) is 0.703. The van der Waals surface area contributed by atoms with Gasteiger partial charge in [-0.05, 0) is 13.0 Å². The highest BCUT2D eigenvalue weighted by atomic mass is 15.2. The number of fused-ring (bicyclic) bond motifs is 1. The van der Waals surface area contributed by atoms with E-state index in [0.717, 1.165) is 28.5 Å². The third kappa shape index (κ3) is 1.95. The number of anilines is 1. The summed E-state index contributed by atoms with van der Waals surface area (Å²) >= 11 is 0. The largest absolute Gasteiger partial charge is 0.362 e. The summed E-state index contributed by atoms with van der Waals surface area (Å²) in [6.45, 7) is 2.01. The predicted molar refractivity (Wildman–Crippen MR) is 77.5 cm³/mol. The summed E-state index contributed by atoms with van der Waals surface area (Å²) in [7, 11) is 4.03. The SMILES string of the molecule is Cc1nc2nc(-c3ccccc3)ccn2c1N(C)C. The fourth-order valence-electron chi connectivity index (χ4n) is 2.34. The van der Waals surface area contributed by atoms with Gasteiger partial charge in [0.1, 0.15) is 5.82 Å². The summed E-state index contributed by atoms with van der Waals surface area (Å²) in [5, 5.41) is 0. The van der Waals surface area contributed by atoms with Crippen LogP contribution < -0.4 is 4.90 Å². The number of nitrogens with zero attached hydrogens (tertiary/aromatic N) is 4. The van der Waals surface area contributed by atoms with E-state index >= 15 is 0 Å². The van der Waals surface area contributed by atoms with Crippen LogP contribution in [0.25, 0.3) is 17.0 Å². The van der Waals surface area contributed by atoms with Crippen LogP contribution in [0.1, 0.15) is 5.69 Å². The van der Waals surface area contributed by atoms with Gasteiger partial charge in [0, 0.05) is 25.9 Å². The zero-order valence-corrected chi connectivity index (χ0v) is 11.3. The Morgan fingerprint density at radius 3 is 2.42 bits per heavy atom. The van der Waals surface area contributed by atoms with Crippen LogP contribution >= 0.6 is 0 Å². The normalized spacial score (nSPS) is 10.9. The number of hydrogen-bond acceptors (Lipinski definition) is 3. The molecule has 0 spiro atoms. The first-order chi connectivity index (χ1) is 9.16. The number of imidazole rings is 1. The van der Waals surface area contributed by atoms with Gasteiger partial charge in [0.25, 0.3) is 0 Å². The Kier molecular flexibility index (Phi) is 2.71. The molecule has 0 aliphatic heterocycles. The minimum atomic E-state index is 0.738. The lowest BCUT2D eigenvalue weighted by Gasteiger charge is -2.12. The van der Waals surface area contributed by atoms with Gasteiger partial charge in [0.15, 0.2) is 0 Å². The zero-order valence-electron chi connectivity index (χ0n) is 11.3. The molecule has 0 fully saturated rings. The van der Waals surface area contributed by atoms with Crippen LogP contribution in [0.4, 0.5) is 5.82 Å². The summed E-state index contributed by atoms with van der Waals surface area (Å²) in [5.41, 5.74) is 3.04. The Balaban J connectivity index is 2.18. The summed E-state index contributed by atoms with van der Waals surface area (Å²) in [6.07, 6.45) is 2.03. The lowest BCUT2D eigenvalue weighted by atomic mass is 10.1. The third-order valence-electron chi connectivity index (χ3n) is 3.13. The maximum Gasteiger partial charge on any atom is 0.236 e. The fraction of sp³-hybridized carbons (Fsp3) is 0.200. The van der Waals surface area contributed by atoms with Crippen molar-refractivity contribution in [3.8, 4) is 11.3 Å². The highest BCUT2D eigenvalue weighted by molar-refractivity contribution is 5.62. The molecule has 0 aliphatic carbocycles. The molecule has 1 aromatic carbocycles. The molecular weight excluding hydrogens is 236 g/mol. The van der Waals surface area contributed by atoms with Crippen molar-refractivity contribution in [2.75, 3.05) is 19.0 Å². The Labute approximate surface area is 112 Å². The van der Waals surface area contributed by atoms with E-state index in [1.807, 2.05) is 55.9 Å². The van der Waals surface area contributed by atoms with Gasteiger partial charge >= 0.3 is 0 Å². The summed E-state index contributed by atoms with van der Waals surface area (Å²) in [5.74, 6) is 1.81. The standard InChI is InChI=1S/C15H16N4/c1-11-14(18(2)3)19-10-9-13(17-15(19)16-11)12-7-5-4-6-8-12/h4-10H,1-3H3. The highest BCUT2D eigenvalue weighted by Crippen LogP contribution is 2.22. The molecule has 0 saturated carbocycles. The number of aromatic nitrogens is 3. The maximum atomic E-state index is 4.63. The molecule has 0 amide bonds. The van der Waals surface area contributed by atoms with Crippen LogP contribution in [-0.4, -0.2) is 28.5 Å². The van der Waals surface area contributed by atoms with Gasteiger partial charge in [0.2, 0.25) is 5.78 Å². The zero-order chi connectivity index (χ0) is 13.4. The second kappa shape index (κ2) is 4.39. The molecule has 2 aromatic heterocycles. The summed E-state index contributed by atoms with van der Waals surface area (Å²) in [6, 6.07) is 12.2. The lowest BCUT2D eigenvalue weighted by molar-refractivity contribution is 1.01.